The van der Waals surface area contributed by atoms with Crippen LogP contribution in [0.2, 0.25) is 0 Å². The molecule has 160 valence electrons. The van der Waals surface area contributed by atoms with Crippen LogP contribution >= 0.6 is 0 Å². The highest BCUT2D eigenvalue weighted by atomic mass is 32.2. The highest BCUT2D eigenvalue weighted by molar-refractivity contribution is 7.92. The summed E-state index contributed by atoms with van der Waals surface area (Å²) < 4.78 is 46.3. The molecule has 0 radical (unpaired) electrons. The Balaban J connectivity index is 1.88. The average Bonchev–Trinajstić information content (AvgIpc) is 2.74. The third-order valence-electron chi connectivity index (χ3n) is 4.40. The summed E-state index contributed by atoms with van der Waals surface area (Å²) in [6.45, 7) is 1.56. The number of carbonyl (C=O) groups is 2. The van der Waals surface area contributed by atoms with E-state index in [1.807, 2.05) is 0 Å². The number of hydrogen-bond acceptors (Lipinski definition) is 5. The molecule has 7 nitrogen and oxygen atoms in total. The van der Waals surface area contributed by atoms with Gasteiger partial charge < -0.3 is 10.5 Å². The molecule has 3 rings (SSSR count). The second-order valence-electron chi connectivity index (χ2n) is 6.69. The molecule has 0 heterocycles. The number of halogens is 1. The van der Waals surface area contributed by atoms with Crippen LogP contribution in [0.4, 0.5) is 10.1 Å². The quantitative estimate of drug-likeness (QED) is 0.545. The van der Waals surface area contributed by atoms with Gasteiger partial charge in [-0.05, 0) is 48.9 Å². The first-order chi connectivity index (χ1) is 14.7. The van der Waals surface area contributed by atoms with Crippen LogP contribution in [0.1, 0.15) is 27.6 Å². The van der Waals surface area contributed by atoms with E-state index in [1.165, 1.54) is 24.3 Å². The summed E-state index contributed by atoms with van der Waals surface area (Å²) >= 11 is 0. The van der Waals surface area contributed by atoms with Crippen molar-refractivity contribution < 1.29 is 27.1 Å². The number of aryl methyl sites for hydroxylation is 1. The molecule has 1 atom stereocenters. The van der Waals surface area contributed by atoms with Gasteiger partial charge in [-0.2, -0.15) is 0 Å². The molecule has 0 aliphatic heterocycles. The van der Waals surface area contributed by atoms with Gasteiger partial charge in [0, 0.05) is 11.3 Å². The minimum absolute atomic E-state index is 0.0766. The van der Waals surface area contributed by atoms with E-state index in [9.17, 15) is 22.4 Å². The van der Waals surface area contributed by atoms with Crippen molar-refractivity contribution in [2.75, 3.05) is 4.72 Å². The smallest absolute Gasteiger partial charge is 0.339 e. The van der Waals surface area contributed by atoms with Gasteiger partial charge in [-0.1, -0.05) is 36.4 Å². The van der Waals surface area contributed by atoms with Crippen molar-refractivity contribution >= 4 is 27.6 Å². The molecule has 3 aromatic carbocycles. The van der Waals surface area contributed by atoms with Crippen molar-refractivity contribution in [2.45, 2.75) is 17.9 Å². The zero-order chi connectivity index (χ0) is 22.6. The molecule has 0 aliphatic rings. The third-order valence-corrected chi connectivity index (χ3v) is 5.92. The zero-order valence-electron chi connectivity index (χ0n) is 16.4. The second kappa shape index (κ2) is 8.97. The molecule has 1 unspecified atom stereocenters. The van der Waals surface area contributed by atoms with E-state index in [-0.39, 0.29) is 16.1 Å². The third kappa shape index (κ3) is 5.26. The van der Waals surface area contributed by atoms with Gasteiger partial charge in [-0.25, -0.2) is 17.6 Å². The first kappa shape index (κ1) is 22.0. The van der Waals surface area contributed by atoms with E-state index >= 15 is 0 Å². The Bertz CT molecular complexity index is 1210. The molecular formula is C22H19FN2O5S. The summed E-state index contributed by atoms with van der Waals surface area (Å²) in [5, 5.41) is 0. The van der Waals surface area contributed by atoms with Gasteiger partial charge >= 0.3 is 5.97 Å². The summed E-state index contributed by atoms with van der Waals surface area (Å²) in [4.78, 5) is 24.3. The lowest BCUT2D eigenvalue weighted by Crippen LogP contribution is -2.26. The van der Waals surface area contributed by atoms with Crippen LogP contribution in [0.3, 0.4) is 0 Å². The SMILES string of the molecule is Cc1ccc(C(=O)OC(C(N)=O)c2ccccc2)cc1S(=O)(=O)Nc1ccc(F)cc1. The molecule has 0 fully saturated rings. The highest BCUT2D eigenvalue weighted by Gasteiger charge is 2.25. The Morgan fingerprint density at radius 2 is 1.65 bits per heavy atom. The molecule has 3 aromatic rings. The minimum atomic E-state index is -4.08. The van der Waals surface area contributed by atoms with Gasteiger partial charge in [-0.3, -0.25) is 9.52 Å². The number of nitrogens with one attached hydrogen (secondary N) is 1. The van der Waals surface area contributed by atoms with Gasteiger partial charge in [0.15, 0.2) is 0 Å². The van der Waals surface area contributed by atoms with Gasteiger partial charge in [0.25, 0.3) is 15.9 Å². The second-order valence-corrected chi connectivity index (χ2v) is 8.34. The highest BCUT2D eigenvalue weighted by Crippen LogP contribution is 2.24. The molecular weight excluding hydrogens is 423 g/mol. The molecule has 0 bridgehead atoms. The number of ether oxygens (including phenoxy) is 1. The number of primary amides is 1. The van der Waals surface area contributed by atoms with E-state index in [0.717, 1.165) is 18.2 Å². The van der Waals surface area contributed by atoms with Crippen LogP contribution in [0.5, 0.6) is 0 Å². The van der Waals surface area contributed by atoms with Crippen molar-refractivity contribution in [1.29, 1.82) is 0 Å². The number of anilines is 1. The monoisotopic (exact) mass is 442 g/mol. The summed E-state index contributed by atoms with van der Waals surface area (Å²) in [5.41, 5.74) is 6.21. The number of rotatable bonds is 7. The Kier molecular flexibility index (Phi) is 6.36. The number of carbonyl (C=O) groups excluding carboxylic acids is 2. The Hall–Kier alpha value is -3.72. The van der Waals surface area contributed by atoms with Crippen LogP contribution < -0.4 is 10.5 Å². The average molecular weight is 442 g/mol. The molecule has 0 aromatic heterocycles. The minimum Gasteiger partial charge on any atom is -0.444 e. The van der Waals surface area contributed by atoms with E-state index in [1.54, 1.807) is 37.3 Å². The predicted molar refractivity (Wildman–Crippen MR) is 112 cm³/mol. The van der Waals surface area contributed by atoms with Gasteiger partial charge in [0.1, 0.15) is 5.82 Å². The lowest BCUT2D eigenvalue weighted by atomic mass is 10.1. The zero-order valence-corrected chi connectivity index (χ0v) is 17.2. The first-order valence-electron chi connectivity index (χ1n) is 9.11. The normalized spacial score (nSPS) is 12.1. The molecule has 0 aliphatic carbocycles. The summed E-state index contributed by atoms with van der Waals surface area (Å²) in [5.74, 6) is -2.28. The number of sulfonamides is 1. The Morgan fingerprint density at radius 3 is 2.26 bits per heavy atom. The van der Waals surface area contributed by atoms with E-state index in [4.69, 9.17) is 10.5 Å². The molecule has 0 saturated carbocycles. The van der Waals surface area contributed by atoms with Gasteiger partial charge in [0.05, 0.1) is 10.5 Å². The number of esters is 1. The van der Waals surface area contributed by atoms with Crippen LogP contribution in [-0.2, 0) is 19.6 Å². The Morgan fingerprint density at radius 1 is 1.00 bits per heavy atom. The van der Waals surface area contributed by atoms with Crippen LogP contribution in [0, 0.1) is 12.7 Å². The standard InChI is InChI=1S/C22H19FN2O5S/c1-14-7-8-16(22(27)30-20(21(24)26)15-5-3-2-4-6-15)13-19(14)31(28,29)25-18-11-9-17(23)10-12-18/h2-13,20,25H,1H3,(H2,24,26). The van der Waals surface area contributed by atoms with Crippen molar-refractivity contribution in [2.24, 2.45) is 5.73 Å². The maximum atomic E-state index is 13.1. The predicted octanol–water partition coefficient (Wildman–Crippen LogP) is 3.32. The van der Waals surface area contributed by atoms with Crippen LogP contribution in [-0.4, -0.2) is 20.3 Å². The maximum absolute atomic E-state index is 13.1. The van der Waals surface area contributed by atoms with Gasteiger partial charge in [0.2, 0.25) is 6.10 Å². The number of hydrogen-bond donors (Lipinski definition) is 2. The Labute approximate surface area is 178 Å². The fourth-order valence-corrected chi connectivity index (χ4v) is 4.17. The van der Waals surface area contributed by atoms with Gasteiger partial charge in [-0.15, -0.1) is 0 Å². The van der Waals surface area contributed by atoms with Crippen molar-refractivity contribution in [1.82, 2.24) is 0 Å². The summed E-state index contributed by atoms with van der Waals surface area (Å²) in [6.07, 6.45) is -1.33. The fraction of sp³-hybridized carbons (Fsp3) is 0.0909. The van der Waals surface area contributed by atoms with E-state index in [0.29, 0.717) is 11.1 Å². The van der Waals surface area contributed by atoms with E-state index in [2.05, 4.69) is 4.72 Å². The number of amides is 1. The molecule has 0 saturated heterocycles. The fourth-order valence-electron chi connectivity index (χ4n) is 2.84. The first-order valence-corrected chi connectivity index (χ1v) is 10.6. The van der Waals surface area contributed by atoms with Crippen molar-refractivity contribution in [3.05, 3.63) is 95.3 Å². The lowest BCUT2D eigenvalue weighted by Gasteiger charge is -2.16. The molecule has 0 spiro atoms. The number of benzene rings is 3. The van der Waals surface area contributed by atoms with Crippen molar-refractivity contribution in [3.63, 3.8) is 0 Å². The molecule has 9 heteroatoms. The lowest BCUT2D eigenvalue weighted by molar-refractivity contribution is -0.127. The summed E-state index contributed by atoms with van der Waals surface area (Å²) in [7, 11) is -4.08. The van der Waals surface area contributed by atoms with Crippen molar-refractivity contribution in [3.8, 4) is 0 Å². The number of nitrogens with two attached hydrogens (primary N) is 1. The molecule has 1 amide bonds. The summed E-state index contributed by atoms with van der Waals surface area (Å²) in [6, 6.07) is 17.0. The van der Waals surface area contributed by atoms with E-state index < -0.39 is 33.8 Å². The maximum Gasteiger partial charge on any atom is 0.339 e. The molecule has 31 heavy (non-hydrogen) atoms. The largest absolute Gasteiger partial charge is 0.444 e. The van der Waals surface area contributed by atoms with Crippen LogP contribution in [0.25, 0.3) is 0 Å². The topological polar surface area (TPSA) is 116 Å². The van der Waals surface area contributed by atoms with Crippen LogP contribution in [0.15, 0.2) is 77.7 Å². The molecule has 3 N–H and O–H groups in total.